The van der Waals surface area contributed by atoms with Gasteiger partial charge in [0.1, 0.15) is 5.82 Å². The third kappa shape index (κ3) is 2.46. The van der Waals surface area contributed by atoms with Crippen molar-refractivity contribution in [1.29, 1.82) is 0 Å². The minimum Gasteiger partial charge on any atom is -0.374 e. The molecule has 4 nitrogen and oxygen atoms in total. The third-order valence-corrected chi connectivity index (χ3v) is 2.84. The molecule has 2 rings (SSSR count). The number of imidazole rings is 1. The van der Waals surface area contributed by atoms with E-state index in [9.17, 15) is 0 Å². The SMILES string of the molecule is Cc1ccc(NC(C)c2nccn2C)c(C)n1. The van der Waals surface area contributed by atoms with E-state index in [0.717, 1.165) is 22.9 Å². The predicted molar refractivity (Wildman–Crippen MR) is 69.0 cm³/mol. The summed E-state index contributed by atoms with van der Waals surface area (Å²) in [7, 11) is 2.00. The molecule has 17 heavy (non-hydrogen) atoms. The van der Waals surface area contributed by atoms with Gasteiger partial charge in [0.05, 0.1) is 17.4 Å². The highest BCUT2D eigenvalue weighted by molar-refractivity contribution is 5.48. The van der Waals surface area contributed by atoms with Crippen LogP contribution in [-0.4, -0.2) is 14.5 Å². The number of pyridine rings is 1. The lowest BCUT2D eigenvalue weighted by Crippen LogP contribution is -2.13. The first kappa shape index (κ1) is 11.6. The second-order valence-electron chi connectivity index (χ2n) is 4.35. The van der Waals surface area contributed by atoms with Crippen LogP contribution in [0.2, 0.25) is 0 Å². The van der Waals surface area contributed by atoms with Crippen LogP contribution in [0.5, 0.6) is 0 Å². The Morgan fingerprint density at radius 2 is 2.06 bits per heavy atom. The average Bonchev–Trinajstić information content (AvgIpc) is 2.68. The molecule has 1 unspecified atom stereocenters. The van der Waals surface area contributed by atoms with Gasteiger partial charge >= 0.3 is 0 Å². The average molecular weight is 230 g/mol. The Hall–Kier alpha value is -1.84. The van der Waals surface area contributed by atoms with E-state index in [4.69, 9.17) is 0 Å². The van der Waals surface area contributed by atoms with Crippen LogP contribution in [0.3, 0.4) is 0 Å². The second kappa shape index (κ2) is 4.57. The molecule has 0 spiro atoms. The number of hydrogen-bond acceptors (Lipinski definition) is 3. The number of hydrogen-bond donors (Lipinski definition) is 1. The molecule has 0 aliphatic heterocycles. The highest BCUT2D eigenvalue weighted by Gasteiger charge is 2.11. The van der Waals surface area contributed by atoms with Crippen molar-refractivity contribution in [2.75, 3.05) is 5.32 Å². The summed E-state index contributed by atoms with van der Waals surface area (Å²) in [5.74, 6) is 1.02. The van der Waals surface area contributed by atoms with Crippen LogP contribution in [0, 0.1) is 13.8 Å². The maximum absolute atomic E-state index is 4.44. The zero-order valence-corrected chi connectivity index (χ0v) is 10.7. The van der Waals surface area contributed by atoms with Crippen LogP contribution in [0.1, 0.15) is 30.2 Å². The third-order valence-electron chi connectivity index (χ3n) is 2.84. The van der Waals surface area contributed by atoms with E-state index in [2.05, 4.69) is 28.3 Å². The van der Waals surface area contributed by atoms with Crippen LogP contribution in [-0.2, 0) is 7.05 Å². The van der Waals surface area contributed by atoms with Crippen molar-refractivity contribution in [1.82, 2.24) is 14.5 Å². The summed E-state index contributed by atoms with van der Waals surface area (Å²) in [5, 5.41) is 3.43. The fourth-order valence-corrected chi connectivity index (χ4v) is 1.93. The molecular formula is C13H18N4. The van der Waals surface area contributed by atoms with Gasteiger partial charge in [-0.2, -0.15) is 0 Å². The quantitative estimate of drug-likeness (QED) is 0.881. The standard InChI is InChI=1S/C13H18N4/c1-9-5-6-12(10(2)15-9)16-11(3)13-14-7-8-17(13)4/h5-8,11,16H,1-4H3. The Labute approximate surface area is 102 Å². The molecule has 0 bridgehead atoms. The zero-order valence-electron chi connectivity index (χ0n) is 10.7. The lowest BCUT2D eigenvalue weighted by atomic mass is 10.2. The van der Waals surface area contributed by atoms with Gasteiger partial charge < -0.3 is 9.88 Å². The maximum atomic E-state index is 4.44. The number of rotatable bonds is 3. The Morgan fingerprint density at radius 1 is 1.29 bits per heavy atom. The summed E-state index contributed by atoms with van der Waals surface area (Å²) in [6.45, 7) is 6.11. The van der Waals surface area contributed by atoms with Crippen LogP contribution >= 0.6 is 0 Å². The zero-order chi connectivity index (χ0) is 12.4. The van der Waals surface area contributed by atoms with Gasteiger partial charge in [0.2, 0.25) is 0 Å². The van der Waals surface area contributed by atoms with E-state index < -0.39 is 0 Å². The predicted octanol–water partition coefficient (Wildman–Crippen LogP) is 2.61. The minimum atomic E-state index is 0.165. The highest BCUT2D eigenvalue weighted by atomic mass is 15.1. The molecule has 0 saturated carbocycles. The monoisotopic (exact) mass is 230 g/mol. The first-order valence-corrected chi connectivity index (χ1v) is 5.76. The summed E-state index contributed by atoms with van der Waals surface area (Å²) in [5.41, 5.74) is 3.12. The van der Waals surface area contributed by atoms with E-state index in [1.54, 1.807) is 0 Å². The number of aromatic nitrogens is 3. The molecule has 0 aliphatic carbocycles. The molecule has 0 amide bonds. The van der Waals surface area contributed by atoms with Crippen molar-refractivity contribution in [3.63, 3.8) is 0 Å². The van der Waals surface area contributed by atoms with Crippen molar-refractivity contribution in [2.24, 2.45) is 7.05 Å². The molecular weight excluding hydrogens is 212 g/mol. The van der Waals surface area contributed by atoms with Gasteiger partial charge in [-0.3, -0.25) is 4.98 Å². The van der Waals surface area contributed by atoms with Crippen molar-refractivity contribution >= 4 is 5.69 Å². The molecule has 1 N–H and O–H groups in total. The van der Waals surface area contributed by atoms with Crippen molar-refractivity contribution in [2.45, 2.75) is 26.8 Å². The molecule has 2 aromatic rings. The Kier molecular flexibility index (Phi) is 3.13. The number of aryl methyl sites for hydroxylation is 3. The number of nitrogens with zero attached hydrogens (tertiary/aromatic N) is 3. The molecule has 0 aromatic carbocycles. The number of anilines is 1. The van der Waals surface area contributed by atoms with E-state index in [0.29, 0.717) is 0 Å². The van der Waals surface area contributed by atoms with Gasteiger partial charge in [-0.1, -0.05) is 0 Å². The van der Waals surface area contributed by atoms with Crippen molar-refractivity contribution in [3.05, 3.63) is 41.7 Å². The van der Waals surface area contributed by atoms with Gasteiger partial charge in [-0.05, 0) is 32.9 Å². The van der Waals surface area contributed by atoms with E-state index in [1.165, 1.54) is 0 Å². The Balaban J connectivity index is 2.19. The highest BCUT2D eigenvalue weighted by Crippen LogP contribution is 2.19. The summed E-state index contributed by atoms with van der Waals surface area (Å²) in [4.78, 5) is 8.78. The van der Waals surface area contributed by atoms with E-state index in [-0.39, 0.29) is 6.04 Å². The normalized spacial score (nSPS) is 12.5. The summed E-state index contributed by atoms with van der Waals surface area (Å²) < 4.78 is 2.02. The maximum Gasteiger partial charge on any atom is 0.130 e. The molecule has 0 saturated heterocycles. The van der Waals surface area contributed by atoms with Crippen LogP contribution in [0.15, 0.2) is 24.5 Å². The van der Waals surface area contributed by atoms with Crippen LogP contribution in [0.25, 0.3) is 0 Å². The molecule has 2 aromatic heterocycles. The molecule has 0 aliphatic rings. The summed E-state index contributed by atoms with van der Waals surface area (Å²) >= 11 is 0. The molecule has 0 fully saturated rings. The first-order chi connectivity index (χ1) is 8.08. The van der Waals surface area contributed by atoms with Crippen LogP contribution in [0.4, 0.5) is 5.69 Å². The van der Waals surface area contributed by atoms with Gasteiger partial charge in [-0.25, -0.2) is 4.98 Å². The Morgan fingerprint density at radius 3 is 2.65 bits per heavy atom. The van der Waals surface area contributed by atoms with Crippen LogP contribution < -0.4 is 5.32 Å². The summed E-state index contributed by atoms with van der Waals surface area (Å²) in [6, 6.07) is 4.25. The molecule has 2 heterocycles. The topological polar surface area (TPSA) is 42.7 Å². The van der Waals surface area contributed by atoms with Gasteiger partial charge in [0.15, 0.2) is 0 Å². The fraction of sp³-hybridized carbons (Fsp3) is 0.385. The van der Waals surface area contributed by atoms with E-state index in [1.807, 2.05) is 43.9 Å². The van der Waals surface area contributed by atoms with Gasteiger partial charge in [0, 0.05) is 25.1 Å². The summed E-state index contributed by atoms with van der Waals surface area (Å²) in [6.07, 6.45) is 3.77. The van der Waals surface area contributed by atoms with Crippen molar-refractivity contribution < 1.29 is 0 Å². The lowest BCUT2D eigenvalue weighted by Gasteiger charge is -2.16. The molecule has 0 radical (unpaired) electrons. The smallest absolute Gasteiger partial charge is 0.130 e. The van der Waals surface area contributed by atoms with Gasteiger partial charge in [-0.15, -0.1) is 0 Å². The lowest BCUT2D eigenvalue weighted by molar-refractivity contribution is 0.720. The minimum absolute atomic E-state index is 0.165. The molecule has 90 valence electrons. The first-order valence-electron chi connectivity index (χ1n) is 5.76. The molecule has 4 heteroatoms. The van der Waals surface area contributed by atoms with E-state index >= 15 is 0 Å². The second-order valence-corrected chi connectivity index (χ2v) is 4.35. The Bertz CT molecular complexity index is 516. The van der Waals surface area contributed by atoms with Crippen molar-refractivity contribution in [3.8, 4) is 0 Å². The van der Waals surface area contributed by atoms with Gasteiger partial charge in [0.25, 0.3) is 0 Å². The fourth-order valence-electron chi connectivity index (χ4n) is 1.93. The molecule has 1 atom stereocenters. The number of nitrogens with one attached hydrogen (secondary N) is 1. The largest absolute Gasteiger partial charge is 0.374 e.